The minimum absolute atomic E-state index is 0.371. The molecule has 2 aromatic rings. The fourth-order valence-corrected chi connectivity index (χ4v) is 6.63. The van der Waals surface area contributed by atoms with Crippen LogP contribution < -0.4 is 4.90 Å². The van der Waals surface area contributed by atoms with Crippen molar-refractivity contribution in [3.63, 3.8) is 0 Å². The molecular weight excluding hydrogens is 328 g/mol. The average molecular weight is 355 g/mol. The predicted octanol–water partition coefficient (Wildman–Crippen LogP) is 4.41. The van der Waals surface area contributed by atoms with Crippen molar-refractivity contribution in [3.05, 3.63) is 29.1 Å². The Morgan fingerprint density at radius 2 is 2.04 bits per heavy atom. The van der Waals surface area contributed by atoms with E-state index in [9.17, 15) is 4.79 Å². The number of hydrogen-bond donors (Lipinski definition) is 0. The molecule has 1 aromatic heterocycles. The summed E-state index contributed by atoms with van der Waals surface area (Å²) in [7, 11) is 4.14. The summed E-state index contributed by atoms with van der Waals surface area (Å²) >= 11 is 1.68. The maximum absolute atomic E-state index is 13.1. The number of Topliss-reactive ketones (excluding diaryl/α,β-unsaturated/α-hetero) is 1. The fourth-order valence-electron chi connectivity index (χ4n) is 5.43. The second-order valence-corrected chi connectivity index (χ2v) is 9.41. The van der Waals surface area contributed by atoms with Gasteiger partial charge in [0.2, 0.25) is 0 Å². The van der Waals surface area contributed by atoms with Crippen molar-refractivity contribution >= 4 is 32.9 Å². The van der Waals surface area contributed by atoms with E-state index in [2.05, 4.69) is 48.2 Å². The molecule has 2 bridgehead atoms. The van der Waals surface area contributed by atoms with Crippen LogP contribution in [0.15, 0.2) is 24.3 Å². The first-order valence-corrected chi connectivity index (χ1v) is 10.4. The number of carbonyl (C=O) groups excluding carboxylic acids is 1. The van der Waals surface area contributed by atoms with Crippen molar-refractivity contribution in [2.24, 2.45) is 11.8 Å². The molecular formula is C21H26N2OS. The zero-order chi connectivity index (χ0) is 17.2. The van der Waals surface area contributed by atoms with Crippen LogP contribution in [0.1, 0.15) is 41.8 Å². The van der Waals surface area contributed by atoms with Gasteiger partial charge in [0.15, 0.2) is 5.78 Å². The lowest BCUT2D eigenvalue weighted by atomic mass is 9.70. The van der Waals surface area contributed by atoms with Crippen LogP contribution in [0.3, 0.4) is 0 Å². The topological polar surface area (TPSA) is 23.6 Å². The van der Waals surface area contributed by atoms with E-state index in [4.69, 9.17) is 0 Å². The Morgan fingerprint density at radius 3 is 2.72 bits per heavy atom. The molecule has 1 atom stereocenters. The van der Waals surface area contributed by atoms with Crippen LogP contribution in [-0.2, 0) is 0 Å². The van der Waals surface area contributed by atoms with Crippen molar-refractivity contribution in [1.29, 1.82) is 0 Å². The molecule has 3 aliphatic heterocycles. The van der Waals surface area contributed by atoms with E-state index >= 15 is 0 Å². The molecule has 3 nitrogen and oxygen atoms in total. The summed E-state index contributed by atoms with van der Waals surface area (Å²) in [4.78, 5) is 18.9. The quantitative estimate of drug-likeness (QED) is 0.760. The Morgan fingerprint density at radius 1 is 1.28 bits per heavy atom. The highest BCUT2D eigenvalue weighted by atomic mass is 32.1. The van der Waals surface area contributed by atoms with E-state index in [1.807, 2.05) is 0 Å². The van der Waals surface area contributed by atoms with Gasteiger partial charge in [-0.05, 0) is 68.1 Å². The summed E-state index contributed by atoms with van der Waals surface area (Å²) in [6.45, 7) is 2.54. The van der Waals surface area contributed by atoms with Crippen molar-refractivity contribution in [1.82, 2.24) is 4.90 Å². The monoisotopic (exact) mass is 354 g/mol. The van der Waals surface area contributed by atoms with E-state index in [1.165, 1.54) is 54.5 Å². The number of fused-ring (bicyclic) bond motifs is 3. The Hall–Kier alpha value is -1.39. The van der Waals surface area contributed by atoms with Crippen molar-refractivity contribution in [3.8, 4) is 0 Å². The third-order valence-electron chi connectivity index (χ3n) is 6.88. The molecule has 1 aromatic carbocycles. The van der Waals surface area contributed by atoms with Crippen LogP contribution in [0, 0.1) is 11.8 Å². The van der Waals surface area contributed by atoms with Gasteiger partial charge in [-0.2, -0.15) is 0 Å². The zero-order valence-electron chi connectivity index (χ0n) is 15.1. The molecule has 3 saturated heterocycles. The number of nitrogens with zero attached hydrogens (tertiary/aromatic N) is 2. The predicted molar refractivity (Wildman–Crippen MR) is 105 cm³/mol. The highest BCUT2D eigenvalue weighted by Gasteiger charge is 2.60. The highest BCUT2D eigenvalue weighted by molar-refractivity contribution is 7.21. The van der Waals surface area contributed by atoms with Gasteiger partial charge in [-0.3, -0.25) is 9.69 Å². The van der Waals surface area contributed by atoms with Crippen LogP contribution >= 0.6 is 11.3 Å². The van der Waals surface area contributed by atoms with Crippen LogP contribution in [-0.4, -0.2) is 43.4 Å². The van der Waals surface area contributed by atoms with E-state index < -0.39 is 0 Å². The second-order valence-electron chi connectivity index (χ2n) is 8.36. The Bertz CT molecular complexity index is 828. The van der Waals surface area contributed by atoms with Gasteiger partial charge in [-0.25, -0.2) is 0 Å². The average Bonchev–Trinajstić information content (AvgIpc) is 3.26. The Balaban J connectivity index is 1.43. The minimum atomic E-state index is 0.371. The lowest BCUT2D eigenvalue weighted by molar-refractivity contribution is -0.0273. The third-order valence-corrected chi connectivity index (χ3v) is 8.09. The van der Waals surface area contributed by atoms with Gasteiger partial charge in [0.25, 0.3) is 0 Å². The smallest absolute Gasteiger partial charge is 0.173 e. The molecule has 132 valence electrons. The molecule has 4 fully saturated rings. The summed E-state index contributed by atoms with van der Waals surface area (Å²) in [6, 6.07) is 8.48. The molecule has 0 amide bonds. The fraction of sp³-hybridized carbons (Fsp3) is 0.571. The molecule has 0 N–H and O–H groups in total. The first kappa shape index (κ1) is 15.8. The number of carbonyl (C=O) groups is 1. The molecule has 0 radical (unpaired) electrons. The standard InChI is InChI=1S/C21H26N2OS/c1-22(2)17-5-3-4-15-12-19(25-20(15)17)18(24)13-16-14-6-10-23(11-7-14)21(16)8-9-21/h3-5,12,14,16H,6-11,13H2,1-2H3/t16-/m1/s1. The molecule has 6 rings (SSSR count). The Kier molecular flexibility index (Phi) is 3.52. The number of anilines is 1. The maximum Gasteiger partial charge on any atom is 0.173 e. The lowest BCUT2D eigenvalue weighted by Gasteiger charge is -2.52. The van der Waals surface area contributed by atoms with Gasteiger partial charge in [0.1, 0.15) is 0 Å². The van der Waals surface area contributed by atoms with Gasteiger partial charge in [-0.15, -0.1) is 11.3 Å². The van der Waals surface area contributed by atoms with Gasteiger partial charge < -0.3 is 4.90 Å². The van der Waals surface area contributed by atoms with Gasteiger partial charge in [0.05, 0.1) is 15.3 Å². The van der Waals surface area contributed by atoms with Crippen molar-refractivity contribution in [2.75, 3.05) is 32.1 Å². The molecule has 4 aliphatic rings. The zero-order valence-corrected chi connectivity index (χ0v) is 15.9. The molecule has 4 heteroatoms. The molecule has 4 heterocycles. The molecule has 25 heavy (non-hydrogen) atoms. The number of hydrogen-bond acceptors (Lipinski definition) is 4. The first-order valence-electron chi connectivity index (χ1n) is 9.57. The van der Waals surface area contributed by atoms with E-state index in [0.29, 0.717) is 17.2 Å². The van der Waals surface area contributed by atoms with Gasteiger partial charge in [0, 0.05) is 26.1 Å². The van der Waals surface area contributed by atoms with Gasteiger partial charge >= 0.3 is 0 Å². The van der Waals surface area contributed by atoms with Crippen LogP contribution in [0.25, 0.3) is 10.1 Å². The minimum Gasteiger partial charge on any atom is -0.377 e. The maximum atomic E-state index is 13.1. The van der Waals surface area contributed by atoms with Crippen molar-refractivity contribution in [2.45, 2.75) is 37.6 Å². The number of benzene rings is 1. The normalized spacial score (nSPS) is 29.3. The van der Waals surface area contributed by atoms with Crippen LogP contribution in [0.2, 0.25) is 0 Å². The van der Waals surface area contributed by atoms with Gasteiger partial charge in [-0.1, -0.05) is 12.1 Å². The SMILES string of the molecule is CN(C)c1cccc2cc(C(=O)C[C@@H]3C4CCN(CC4)C34CC4)sc12. The number of piperidine rings is 3. The second kappa shape index (κ2) is 5.55. The number of ketones is 1. The van der Waals surface area contributed by atoms with E-state index in [0.717, 1.165) is 17.2 Å². The van der Waals surface area contributed by atoms with Crippen LogP contribution in [0.5, 0.6) is 0 Å². The highest BCUT2D eigenvalue weighted by Crippen LogP contribution is 2.58. The van der Waals surface area contributed by atoms with E-state index in [1.54, 1.807) is 11.3 Å². The molecule has 0 unspecified atom stereocenters. The molecule has 1 saturated carbocycles. The summed E-state index contributed by atoms with van der Waals surface area (Å²) in [5.74, 6) is 1.75. The molecule has 1 aliphatic carbocycles. The first-order chi connectivity index (χ1) is 12.1. The lowest BCUT2D eigenvalue weighted by Crippen LogP contribution is -2.57. The van der Waals surface area contributed by atoms with Crippen LogP contribution in [0.4, 0.5) is 5.69 Å². The summed E-state index contributed by atoms with van der Waals surface area (Å²) in [6.07, 6.45) is 6.00. The summed E-state index contributed by atoms with van der Waals surface area (Å²) in [5.41, 5.74) is 1.62. The molecule has 1 spiro atoms. The number of thiophene rings is 1. The summed E-state index contributed by atoms with van der Waals surface area (Å²) in [5, 5.41) is 1.20. The van der Waals surface area contributed by atoms with E-state index in [-0.39, 0.29) is 0 Å². The largest absolute Gasteiger partial charge is 0.377 e. The third kappa shape index (κ3) is 2.37. The van der Waals surface area contributed by atoms with Crippen molar-refractivity contribution < 1.29 is 4.79 Å². The number of rotatable bonds is 4. The Labute approximate surface area is 153 Å². The summed E-state index contributed by atoms with van der Waals surface area (Å²) < 4.78 is 1.24.